The Labute approximate surface area is 140 Å². The van der Waals surface area contributed by atoms with Crippen LogP contribution in [0, 0.1) is 0 Å². The third-order valence-corrected chi connectivity index (χ3v) is 10.4. The Morgan fingerprint density at radius 1 is 1.11 bits per heavy atom. The van der Waals surface area contributed by atoms with Gasteiger partial charge in [0, 0.05) is 14.2 Å². The summed E-state index contributed by atoms with van der Waals surface area (Å²) in [7, 11) is -1.11. The fourth-order valence-corrected chi connectivity index (χ4v) is 7.81. The van der Waals surface area contributed by atoms with Crippen LogP contribution in [0.3, 0.4) is 0 Å². The lowest BCUT2D eigenvalue weighted by molar-refractivity contribution is 0.262. The molecule has 3 nitrogen and oxygen atoms in total. The number of fused-ring (bicyclic) bond motifs is 2. The van der Waals surface area contributed by atoms with Crippen LogP contribution in [0.1, 0.15) is 6.42 Å². The van der Waals surface area contributed by atoms with Crippen molar-refractivity contribution in [2.75, 3.05) is 14.2 Å². The maximum Gasteiger partial charge on any atom is 0.335 e. The van der Waals surface area contributed by atoms with E-state index in [0.717, 1.165) is 0 Å². The van der Waals surface area contributed by atoms with Gasteiger partial charge in [-0.1, -0.05) is 46.4 Å². The molecule has 0 spiro atoms. The highest BCUT2D eigenvalue weighted by atomic mass is 35.5. The number of halogens is 6. The third kappa shape index (κ3) is 1.77. The average Bonchev–Trinajstić information content (AvgIpc) is 2.60. The van der Waals surface area contributed by atoms with Crippen LogP contribution in [0.5, 0.6) is 0 Å². The predicted octanol–water partition coefficient (Wildman–Crippen LogP) is 5.08. The van der Waals surface area contributed by atoms with Gasteiger partial charge < -0.3 is 9.05 Å². The van der Waals surface area contributed by atoms with Crippen LogP contribution in [-0.2, 0) is 13.6 Å². The molecule has 0 saturated heterocycles. The molecular formula is C9H9Cl6O3P. The first kappa shape index (κ1) is 17.0. The maximum atomic E-state index is 12.6. The highest BCUT2D eigenvalue weighted by molar-refractivity contribution is 7.55. The van der Waals surface area contributed by atoms with Gasteiger partial charge in [0.05, 0.1) is 15.7 Å². The first-order valence-corrected chi connectivity index (χ1v) is 8.94. The quantitative estimate of drug-likeness (QED) is 0.482. The summed E-state index contributed by atoms with van der Waals surface area (Å²) in [5.41, 5.74) is -0.904. The van der Waals surface area contributed by atoms with Crippen molar-refractivity contribution >= 4 is 77.2 Å². The number of rotatable bonds is 3. The molecule has 0 aromatic rings. The lowest BCUT2D eigenvalue weighted by Crippen LogP contribution is -2.45. The Bertz CT molecular complexity index is 500. The minimum Gasteiger partial charge on any atom is -0.312 e. The largest absolute Gasteiger partial charge is 0.335 e. The molecular weight excluding hydrogens is 400 g/mol. The van der Waals surface area contributed by atoms with E-state index in [1.807, 2.05) is 0 Å². The monoisotopic (exact) mass is 406 g/mol. The number of hydrogen-bond acceptors (Lipinski definition) is 3. The fourth-order valence-electron chi connectivity index (χ4n) is 2.54. The van der Waals surface area contributed by atoms with Gasteiger partial charge in [0.2, 0.25) is 0 Å². The summed E-state index contributed by atoms with van der Waals surface area (Å²) in [6.07, 6.45) is 0.0269. The Hall–Kier alpha value is 1.63. The van der Waals surface area contributed by atoms with Crippen molar-refractivity contribution < 1.29 is 13.6 Å². The van der Waals surface area contributed by atoms with Crippen molar-refractivity contribution in [2.45, 2.75) is 26.2 Å². The molecule has 0 unspecified atom stereocenters. The summed E-state index contributed by atoms with van der Waals surface area (Å²) in [6.45, 7) is 0. The van der Waals surface area contributed by atoms with Gasteiger partial charge in [0.25, 0.3) is 0 Å². The van der Waals surface area contributed by atoms with E-state index in [9.17, 15) is 4.57 Å². The van der Waals surface area contributed by atoms with Crippen molar-refractivity contribution in [3.63, 3.8) is 0 Å². The molecule has 0 aromatic carbocycles. The fraction of sp³-hybridized carbons (Fsp3) is 0.778. The van der Waals surface area contributed by atoms with Gasteiger partial charge in [0.1, 0.15) is 9.75 Å². The second kappa shape index (κ2) is 4.81. The minimum atomic E-state index is -3.59. The van der Waals surface area contributed by atoms with Crippen molar-refractivity contribution in [3.05, 3.63) is 10.1 Å². The molecule has 2 rings (SSSR count). The Morgan fingerprint density at radius 2 is 1.58 bits per heavy atom. The van der Waals surface area contributed by atoms with E-state index in [0.29, 0.717) is 0 Å². The summed E-state index contributed by atoms with van der Waals surface area (Å²) in [6, 6.07) is 0. The Morgan fingerprint density at radius 3 is 1.89 bits per heavy atom. The number of hydrogen-bond donors (Lipinski definition) is 0. The molecule has 0 heterocycles. The highest BCUT2D eigenvalue weighted by Crippen LogP contribution is 2.79. The van der Waals surface area contributed by atoms with E-state index >= 15 is 0 Å². The minimum absolute atomic E-state index is 0.0265. The SMILES string of the molecule is COP(=O)(OC)[C@H]1C[C@@]2(Cl)C(Cl)=C(Cl)[C@]1(Cl)C2(Cl)Cl. The van der Waals surface area contributed by atoms with Gasteiger partial charge in [-0.2, -0.15) is 0 Å². The smallest absolute Gasteiger partial charge is 0.312 e. The normalized spacial score (nSPS) is 41.2. The summed E-state index contributed by atoms with van der Waals surface area (Å²) >= 11 is 37.6. The van der Waals surface area contributed by atoms with Crippen LogP contribution >= 0.6 is 77.2 Å². The van der Waals surface area contributed by atoms with E-state index in [-0.39, 0.29) is 16.5 Å². The van der Waals surface area contributed by atoms with E-state index in [2.05, 4.69) is 0 Å². The lowest BCUT2D eigenvalue weighted by atomic mass is 10.1. The standard InChI is InChI=1S/C9H9Cl6O3P/c1-17-19(16,18-2)4-3-7(12)5(10)6(11)8(4,13)9(7,14)15/h4H,3H2,1-2H3/t4-,7+,8-/m0/s1. The van der Waals surface area contributed by atoms with Gasteiger partial charge in [-0.3, -0.25) is 4.57 Å². The second-order valence-corrected chi connectivity index (χ2v) is 10.1. The average molecular weight is 409 g/mol. The number of alkyl halides is 4. The first-order valence-electron chi connectivity index (χ1n) is 5.06. The Kier molecular flexibility index (Phi) is 4.30. The molecule has 0 radical (unpaired) electrons. The molecule has 2 bridgehead atoms. The maximum absolute atomic E-state index is 12.6. The zero-order valence-electron chi connectivity index (χ0n) is 9.72. The molecule has 0 N–H and O–H groups in total. The van der Waals surface area contributed by atoms with Crippen molar-refractivity contribution in [1.29, 1.82) is 0 Å². The molecule has 0 aromatic heterocycles. The first-order chi connectivity index (χ1) is 8.53. The summed E-state index contributed by atoms with van der Waals surface area (Å²) in [5, 5.41) is 0.0345. The number of allylic oxidation sites excluding steroid dienone is 2. The van der Waals surface area contributed by atoms with Gasteiger partial charge in [-0.05, 0) is 6.42 Å². The molecule has 2 aliphatic carbocycles. The van der Waals surface area contributed by atoms with E-state index in [1.165, 1.54) is 14.2 Å². The van der Waals surface area contributed by atoms with Crippen LogP contribution < -0.4 is 0 Å². The molecule has 19 heavy (non-hydrogen) atoms. The van der Waals surface area contributed by atoms with Gasteiger partial charge in [-0.25, -0.2) is 0 Å². The Balaban J connectivity index is 2.66. The van der Waals surface area contributed by atoms with Crippen molar-refractivity contribution in [3.8, 4) is 0 Å². The molecule has 1 saturated carbocycles. The van der Waals surface area contributed by atoms with Crippen molar-refractivity contribution in [1.82, 2.24) is 0 Å². The molecule has 10 heteroatoms. The van der Waals surface area contributed by atoms with E-state index in [4.69, 9.17) is 78.7 Å². The molecule has 110 valence electrons. The van der Waals surface area contributed by atoms with Gasteiger partial charge in [0.15, 0.2) is 4.33 Å². The summed E-state index contributed by atoms with van der Waals surface area (Å²) in [5.74, 6) is 0. The van der Waals surface area contributed by atoms with E-state index in [1.54, 1.807) is 0 Å². The molecule has 1 fully saturated rings. The molecule has 3 atom stereocenters. The third-order valence-electron chi connectivity index (χ3n) is 3.64. The second-order valence-electron chi connectivity index (χ2n) is 4.34. The summed E-state index contributed by atoms with van der Waals surface area (Å²) in [4.78, 5) is -3.05. The zero-order valence-corrected chi connectivity index (χ0v) is 15.2. The zero-order chi connectivity index (χ0) is 14.9. The molecule has 0 aliphatic heterocycles. The van der Waals surface area contributed by atoms with Gasteiger partial charge in [-0.15, -0.1) is 23.2 Å². The summed E-state index contributed by atoms with van der Waals surface area (Å²) < 4.78 is 20.8. The van der Waals surface area contributed by atoms with E-state index < -0.39 is 27.3 Å². The highest BCUT2D eigenvalue weighted by Gasteiger charge is 2.81. The molecule has 0 amide bonds. The van der Waals surface area contributed by atoms with Gasteiger partial charge >= 0.3 is 7.60 Å². The van der Waals surface area contributed by atoms with Crippen LogP contribution in [0.25, 0.3) is 0 Å². The molecule has 2 aliphatic rings. The van der Waals surface area contributed by atoms with Crippen LogP contribution in [-0.4, -0.2) is 34.0 Å². The van der Waals surface area contributed by atoms with Crippen molar-refractivity contribution in [2.24, 2.45) is 0 Å². The van der Waals surface area contributed by atoms with Crippen LogP contribution in [0.15, 0.2) is 10.1 Å². The topological polar surface area (TPSA) is 35.5 Å². The van der Waals surface area contributed by atoms with Crippen LogP contribution in [0.2, 0.25) is 0 Å². The predicted molar refractivity (Wildman–Crippen MR) is 80.4 cm³/mol. The lowest BCUT2D eigenvalue weighted by Gasteiger charge is -2.35. The van der Waals surface area contributed by atoms with Crippen LogP contribution in [0.4, 0.5) is 0 Å².